The molecular weight excluding hydrogens is 204 g/mol. The molecule has 1 aliphatic heterocycles. The van der Waals surface area contributed by atoms with Crippen molar-refractivity contribution in [1.82, 2.24) is 10.2 Å². The molecule has 0 bridgehead atoms. The van der Waals surface area contributed by atoms with Crippen LogP contribution in [0, 0.1) is 0 Å². The highest BCUT2D eigenvalue weighted by atomic mass is 16.3. The molecule has 1 fully saturated rings. The number of amides is 1. The summed E-state index contributed by atoms with van der Waals surface area (Å²) >= 11 is 0. The highest BCUT2D eigenvalue weighted by molar-refractivity contribution is 5.97. The zero-order chi connectivity index (χ0) is 11.4. The maximum atomic E-state index is 12.0. The smallest absolute Gasteiger partial charge is 0.249 e. The van der Waals surface area contributed by atoms with Crippen LogP contribution in [0.25, 0.3) is 6.08 Å². The van der Waals surface area contributed by atoms with Crippen molar-refractivity contribution in [3.63, 3.8) is 0 Å². The van der Waals surface area contributed by atoms with Gasteiger partial charge in [0.2, 0.25) is 5.91 Å². The van der Waals surface area contributed by atoms with Gasteiger partial charge in [-0.25, -0.2) is 0 Å². The van der Waals surface area contributed by atoms with Crippen molar-refractivity contribution in [3.05, 3.63) is 29.7 Å². The molecule has 1 aromatic rings. The molecular formula is C12H16N2O2. The monoisotopic (exact) mass is 220 g/mol. The van der Waals surface area contributed by atoms with Crippen LogP contribution in [-0.2, 0) is 4.79 Å². The van der Waals surface area contributed by atoms with Crippen LogP contribution in [0.2, 0.25) is 0 Å². The van der Waals surface area contributed by atoms with E-state index in [0.717, 1.165) is 37.5 Å². The second kappa shape index (κ2) is 4.99. The van der Waals surface area contributed by atoms with Crippen LogP contribution >= 0.6 is 0 Å². The molecule has 0 spiro atoms. The first kappa shape index (κ1) is 11.0. The van der Waals surface area contributed by atoms with Crippen molar-refractivity contribution < 1.29 is 9.21 Å². The average Bonchev–Trinajstić information content (AvgIpc) is 2.82. The number of nitrogens with zero attached hydrogens (tertiary/aromatic N) is 1. The Kier molecular flexibility index (Phi) is 3.41. The molecule has 86 valence electrons. The van der Waals surface area contributed by atoms with Gasteiger partial charge in [0.25, 0.3) is 0 Å². The van der Waals surface area contributed by atoms with Crippen molar-refractivity contribution in [2.24, 2.45) is 0 Å². The van der Waals surface area contributed by atoms with E-state index < -0.39 is 0 Å². The number of nitrogens with one attached hydrogen (secondary N) is 1. The van der Waals surface area contributed by atoms with E-state index in [1.54, 1.807) is 12.3 Å². The summed E-state index contributed by atoms with van der Waals surface area (Å²) < 4.78 is 5.18. The Labute approximate surface area is 94.9 Å². The molecule has 1 aromatic heterocycles. The molecule has 1 N–H and O–H groups in total. The lowest BCUT2D eigenvalue weighted by Crippen LogP contribution is -2.46. The molecule has 2 rings (SSSR count). The number of rotatable bonds is 2. The first-order valence-electron chi connectivity index (χ1n) is 5.49. The lowest BCUT2D eigenvalue weighted by molar-refractivity contribution is -0.127. The molecule has 0 saturated carbocycles. The van der Waals surface area contributed by atoms with Gasteiger partial charge in [-0.15, -0.1) is 0 Å². The van der Waals surface area contributed by atoms with E-state index in [1.807, 2.05) is 24.0 Å². The second-order valence-electron chi connectivity index (χ2n) is 3.88. The molecule has 0 unspecified atom stereocenters. The number of carbonyl (C=O) groups excluding carboxylic acids is 1. The lowest BCUT2D eigenvalue weighted by Gasteiger charge is -2.27. The standard InChI is InChI=1S/C12H16N2O2/c1-10(9-11-3-2-8-16-11)12(15)14-6-4-13-5-7-14/h2-3,8-9,13H,4-7H2,1H3/b10-9+. The number of hydrogen-bond donors (Lipinski definition) is 1. The summed E-state index contributed by atoms with van der Waals surface area (Å²) in [6, 6.07) is 3.66. The van der Waals surface area contributed by atoms with E-state index in [0.29, 0.717) is 0 Å². The molecule has 4 nitrogen and oxygen atoms in total. The van der Waals surface area contributed by atoms with Crippen LogP contribution in [0.1, 0.15) is 12.7 Å². The predicted octanol–water partition coefficient (Wildman–Crippen LogP) is 1.11. The molecule has 16 heavy (non-hydrogen) atoms. The largest absolute Gasteiger partial charge is 0.465 e. The van der Waals surface area contributed by atoms with Crippen LogP contribution in [0.4, 0.5) is 0 Å². The summed E-state index contributed by atoms with van der Waals surface area (Å²) in [7, 11) is 0. The van der Waals surface area contributed by atoms with E-state index in [1.165, 1.54) is 0 Å². The van der Waals surface area contributed by atoms with E-state index in [-0.39, 0.29) is 5.91 Å². The van der Waals surface area contributed by atoms with Gasteiger partial charge in [-0.05, 0) is 25.1 Å². The van der Waals surface area contributed by atoms with Crippen molar-refractivity contribution in [3.8, 4) is 0 Å². The minimum Gasteiger partial charge on any atom is -0.465 e. The van der Waals surface area contributed by atoms with Gasteiger partial charge < -0.3 is 14.6 Å². The third-order valence-corrected chi connectivity index (χ3v) is 2.64. The maximum Gasteiger partial charge on any atom is 0.249 e. The van der Waals surface area contributed by atoms with E-state index in [2.05, 4.69) is 5.32 Å². The van der Waals surface area contributed by atoms with Crippen LogP contribution in [0.3, 0.4) is 0 Å². The van der Waals surface area contributed by atoms with E-state index in [9.17, 15) is 4.79 Å². The number of carbonyl (C=O) groups is 1. The maximum absolute atomic E-state index is 12.0. The third-order valence-electron chi connectivity index (χ3n) is 2.64. The topological polar surface area (TPSA) is 45.5 Å². The fraction of sp³-hybridized carbons (Fsp3) is 0.417. The van der Waals surface area contributed by atoms with Gasteiger partial charge >= 0.3 is 0 Å². The molecule has 1 amide bonds. The summed E-state index contributed by atoms with van der Waals surface area (Å²) in [5, 5.41) is 3.22. The Hall–Kier alpha value is -1.55. The van der Waals surface area contributed by atoms with Crippen LogP contribution < -0.4 is 5.32 Å². The van der Waals surface area contributed by atoms with Crippen molar-refractivity contribution in [2.45, 2.75) is 6.92 Å². The average molecular weight is 220 g/mol. The van der Waals surface area contributed by atoms with Crippen molar-refractivity contribution in [1.29, 1.82) is 0 Å². The van der Waals surface area contributed by atoms with Gasteiger partial charge in [-0.2, -0.15) is 0 Å². The third kappa shape index (κ3) is 2.52. The first-order valence-corrected chi connectivity index (χ1v) is 5.49. The molecule has 0 atom stereocenters. The van der Waals surface area contributed by atoms with Crippen LogP contribution in [0.5, 0.6) is 0 Å². The SMILES string of the molecule is C/C(=C\c1ccco1)C(=O)N1CCNCC1. The van der Waals surface area contributed by atoms with Gasteiger partial charge in [-0.3, -0.25) is 4.79 Å². The summed E-state index contributed by atoms with van der Waals surface area (Å²) in [4.78, 5) is 13.9. The molecule has 0 aliphatic carbocycles. The van der Waals surface area contributed by atoms with Gasteiger partial charge in [-0.1, -0.05) is 0 Å². The van der Waals surface area contributed by atoms with Gasteiger partial charge in [0, 0.05) is 31.8 Å². The fourth-order valence-corrected chi connectivity index (χ4v) is 1.77. The quantitative estimate of drug-likeness (QED) is 0.759. The summed E-state index contributed by atoms with van der Waals surface area (Å²) in [6.07, 6.45) is 3.39. The zero-order valence-electron chi connectivity index (χ0n) is 9.40. The normalized spacial score (nSPS) is 17.6. The molecule has 1 saturated heterocycles. The zero-order valence-corrected chi connectivity index (χ0v) is 9.40. The van der Waals surface area contributed by atoms with Gasteiger partial charge in [0.1, 0.15) is 5.76 Å². The second-order valence-corrected chi connectivity index (χ2v) is 3.88. The number of piperazine rings is 1. The summed E-state index contributed by atoms with van der Waals surface area (Å²) in [5.41, 5.74) is 0.719. The Balaban J connectivity index is 2.03. The number of furan rings is 1. The Morgan fingerprint density at radius 2 is 2.25 bits per heavy atom. The van der Waals surface area contributed by atoms with E-state index in [4.69, 9.17) is 4.42 Å². The molecule has 1 aliphatic rings. The predicted molar refractivity (Wildman–Crippen MR) is 61.8 cm³/mol. The van der Waals surface area contributed by atoms with Crippen LogP contribution in [-0.4, -0.2) is 37.0 Å². The van der Waals surface area contributed by atoms with E-state index >= 15 is 0 Å². The lowest BCUT2D eigenvalue weighted by atomic mass is 10.2. The Morgan fingerprint density at radius 3 is 2.88 bits per heavy atom. The van der Waals surface area contributed by atoms with Gasteiger partial charge in [0.15, 0.2) is 0 Å². The minimum absolute atomic E-state index is 0.0953. The van der Waals surface area contributed by atoms with Crippen molar-refractivity contribution in [2.75, 3.05) is 26.2 Å². The number of hydrogen-bond acceptors (Lipinski definition) is 3. The van der Waals surface area contributed by atoms with Crippen molar-refractivity contribution >= 4 is 12.0 Å². The van der Waals surface area contributed by atoms with Crippen LogP contribution in [0.15, 0.2) is 28.4 Å². The van der Waals surface area contributed by atoms with Gasteiger partial charge in [0.05, 0.1) is 6.26 Å². The minimum atomic E-state index is 0.0953. The summed E-state index contributed by atoms with van der Waals surface area (Å²) in [5.74, 6) is 0.818. The Bertz CT molecular complexity index is 376. The first-order chi connectivity index (χ1) is 7.77. The molecule has 0 aromatic carbocycles. The highest BCUT2D eigenvalue weighted by Crippen LogP contribution is 2.10. The highest BCUT2D eigenvalue weighted by Gasteiger charge is 2.17. The molecule has 4 heteroatoms. The molecule has 0 radical (unpaired) electrons. The fourth-order valence-electron chi connectivity index (χ4n) is 1.77. The Morgan fingerprint density at radius 1 is 1.50 bits per heavy atom. The summed E-state index contributed by atoms with van der Waals surface area (Å²) in [6.45, 7) is 5.14. The molecule has 2 heterocycles.